The summed E-state index contributed by atoms with van der Waals surface area (Å²) in [6, 6.07) is 0. The van der Waals surface area contributed by atoms with Crippen LogP contribution in [0.1, 0.15) is 13.3 Å². The van der Waals surface area contributed by atoms with E-state index in [-0.39, 0.29) is 5.91 Å². The van der Waals surface area contributed by atoms with Gasteiger partial charge in [-0.25, -0.2) is 0 Å². The first-order chi connectivity index (χ1) is 3.18. The molecule has 0 N–H and O–H groups in total. The van der Waals surface area contributed by atoms with Gasteiger partial charge in [0, 0.05) is 13.5 Å². The fraction of sp³-hybridized carbons (Fsp3) is 0.750. The third-order valence-electron chi connectivity index (χ3n) is 0.646. The third-order valence-corrected chi connectivity index (χ3v) is 1.18. The lowest BCUT2D eigenvalue weighted by molar-refractivity contribution is -0.124. The summed E-state index contributed by atoms with van der Waals surface area (Å²) >= 11 is 1.95. The predicted octanol–water partition coefficient (Wildman–Crippen LogP) is 1.20. The first-order valence-corrected chi connectivity index (χ1v) is 3.07. The van der Waals surface area contributed by atoms with Crippen LogP contribution in [0.15, 0.2) is 0 Å². The summed E-state index contributed by atoms with van der Waals surface area (Å²) in [7, 11) is 1.74. The van der Waals surface area contributed by atoms with Crippen LogP contribution >= 0.6 is 22.9 Å². The summed E-state index contributed by atoms with van der Waals surface area (Å²) < 4.78 is 1.55. The molecule has 0 aliphatic heterocycles. The minimum absolute atomic E-state index is 0.167. The molecule has 0 unspecified atom stereocenters. The van der Waals surface area contributed by atoms with Crippen molar-refractivity contribution in [2.75, 3.05) is 7.05 Å². The zero-order valence-corrected chi connectivity index (χ0v) is 6.60. The molecule has 0 saturated carbocycles. The Balaban J connectivity index is 3.35. The van der Waals surface area contributed by atoms with Crippen LogP contribution in [0.4, 0.5) is 0 Å². The number of hydrogen-bond acceptors (Lipinski definition) is 1. The van der Waals surface area contributed by atoms with E-state index in [0.717, 1.165) is 0 Å². The molecule has 7 heavy (non-hydrogen) atoms. The monoisotopic (exact) mass is 213 g/mol. The van der Waals surface area contributed by atoms with Gasteiger partial charge >= 0.3 is 0 Å². The molecule has 0 spiro atoms. The van der Waals surface area contributed by atoms with Crippen molar-refractivity contribution in [3.63, 3.8) is 0 Å². The summed E-state index contributed by atoms with van der Waals surface area (Å²) in [6.45, 7) is 1.84. The third kappa shape index (κ3) is 2.85. The quantitative estimate of drug-likeness (QED) is 0.473. The molecule has 0 atom stereocenters. The molecule has 0 aromatic heterocycles. The van der Waals surface area contributed by atoms with E-state index in [1.165, 1.54) is 0 Å². The average molecular weight is 213 g/mol. The predicted molar refractivity (Wildman–Crippen MR) is 37.1 cm³/mol. The summed E-state index contributed by atoms with van der Waals surface area (Å²) in [6.07, 6.45) is 0.597. The smallest absolute Gasteiger partial charge is 0.230 e. The molecule has 42 valence electrons. The molecule has 0 radical (unpaired) electrons. The SMILES string of the molecule is CCC(=O)N(C)I. The second-order valence-electron chi connectivity index (χ2n) is 1.22. The largest absolute Gasteiger partial charge is 0.288 e. The molecule has 2 nitrogen and oxygen atoms in total. The molecule has 0 aromatic carbocycles. The molecular formula is C4H8INO. The maximum Gasteiger partial charge on any atom is 0.230 e. The van der Waals surface area contributed by atoms with Crippen LogP contribution in [-0.4, -0.2) is 16.1 Å². The Morgan fingerprint density at radius 1 is 1.86 bits per heavy atom. The van der Waals surface area contributed by atoms with Gasteiger partial charge in [-0.2, -0.15) is 0 Å². The van der Waals surface area contributed by atoms with Gasteiger partial charge in [-0.3, -0.25) is 7.91 Å². The summed E-state index contributed by atoms with van der Waals surface area (Å²) in [5, 5.41) is 0. The first-order valence-electron chi connectivity index (χ1n) is 2.10. The van der Waals surface area contributed by atoms with E-state index in [9.17, 15) is 4.79 Å². The standard InChI is InChI=1S/C4H8INO/c1-3-4(7)6(2)5/h3H2,1-2H3. The molecule has 0 aliphatic rings. The minimum atomic E-state index is 0.167. The Hall–Kier alpha value is 0.200. The summed E-state index contributed by atoms with van der Waals surface area (Å²) in [4.78, 5) is 10.4. The van der Waals surface area contributed by atoms with Crippen molar-refractivity contribution in [1.82, 2.24) is 3.11 Å². The topological polar surface area (TPSA) is 20.3 Å². The number of rotatable bonds is 1. The first kappa shape index (κ1) is 7.20. The fourth-order valence-electron chi connectivity index (χ4n) is 0.218. The van der Waals surface area contributed by atoms with Gasteiger partial charge in [0.25, 0.3) is 0 Å². The Labute approximate surface area is 57.4 Å². The van der Waals surface area contributed by atoms with Gasteiger partial charge in [0.2, 0.25) is 5.91 Å². The lowest BCUT2D eigenvalue weighted by Gasteiger charge is -2.02. The van der Waals surface area contributed by atoms with Gasteiger partial charge in [0.1, 0.15) is 0 Å². The van der Waals surface area contributed by atoms with Crippen molar-refractivity contribution in [3.8, 4) is 0 Å². The van der Waals surface area contributed by atoms with Crippen LogP contribution in [0, 0.1) is 0 Å². The highest BCUT2D eigenvalue weighted by molar-refractivity contribution is 14.1. The van der Waals surface area contributed by atoms with E-state index < -0.39 is 0 Å². The van der Waals surface area contributed by atoms with Crippen molar-refractivity contribution in [1.29, 1.82) is 0 Å². The zero-order valence-electron chi connectivity index (χ0n) is 4.44. The highest BCUT2D eigenvalue weighted by Gasteiger charge is 1.97. The van der Waals surface area contributed by atoms with E-state index in [2.05, 4.69) is 0 Å². The van der Waals surface area contributed by atoms with Crippen LogP contribution in [0.5, 0.6) is 0 Å². The van der Waals surface area contributed by atoms with Gasteiger partial charge in [-0.05, 0) is 0 Å². The molecule has 1 amide bonds. The van der Waals surface area contributed by atoms with Gasteiger partial charge in [-0.15, -0.1) is 0 Å². The van der Waals surface area contributed by atoms with Crippen LogP contribution in [-0.2, 0) is 4.79 Å². The minimum Gasteiger partial charge on any atom is -0.288 e. The highest BCUT2D eigenvalue weighted by Crippen LogP contribution is 1.95. The second kappa shape index (κ2) is 3.23. The van der Waals surface area contributed by atoms with Crippen molar-refractivity contribution in [2.45, 2.75) is 13.3 Å². The van der Waals surface area contributed by atoms with Gasteiger partial charge in [-0.1, -0.05) is 6.92 Å². The van der Waals surface area contributed by atoms with Crippen LogP contribution in [0.3, 0.4) is 0 Å². The average Bonchev–Trinajstić information content (AvgIpc) is 1.65. The number of hydrogen-bond donors (Lipinski definition) is 0. The normalized spacial score (nSPS) is 8.43. The van der Waals surface area contributed by atoms with E-state index in [4.69, 9.17) is 0 Å². The van der Waals surface area contributed by atoms with Crippen molar-refractivity contribution in [2.24, 2.45) is 0 Å². The Morgan fingerprint density at radius 3 is 2.29 bits per heavy atom. The fourth-order valence-corrected chi connectivity index (χ4v) is 0.559. The van der Waals surface area contributed by atoms with Crippen LogP contribution in [0.2, 0.25) is 0 Å². The highest BCUT2D eigenvalue weighted by atomic mass is 127. The molecule has 3 heteroatoms. The number of halogens is 1. The Kier molecular flexibility index (Phi) is 3.33. The molecule has 0 rings (SSSR count). The van der Waals surface area contributed by atoms with Crippen molar-refractivity contribution in [3.05, 3.63) is 0 Å². The molecule has 0 aliphatic carbocycles. The van der Waals surface area contributed by atoms with Crippen LogP contribution in [0.25, 0.3) is 0 Å². The summed E-state index contributed by atoms with van der Waals surface area (Å²) in [5.74, 6) is 0.167. The number of nitrogens with zero attached hydrogens (tertiary/aromatic N) is 1. The Morgan fingerprint density at radius 2 is 2.29 bits per heavy atom. The molecular weight excluding hydrogens is 205 g/mol. The maximum absolute atomic E-state index is 10.4. The molecule has 0 aromatic rings. The van der Waals surface area contributed by atoms with E-state index in [1.54, 1.807) is 10.2 Å². The van der Waals surface area contributed by atoms with Crippen LogP contribution < -0.4 is 0 Å². The van der Waals surface area contributed by atoms with Gasteiger partial charge in [0.05, 0.1) is 22.9 Å². The molecule has 0 heterocycles. The molecule has 0 saturated heterocycles. The maximum atomic E-state index is 10.4. The van der Waals surface area contributed by atoms with Crippen molar-refractivity contribution < 1.29 is 4.79 Å². The van der Waals surface area contributed by atoms with Gasteiger partial charge < -0.3 is 0 Å². The number of amides is 1. The van der Waals surface area contributed by atoms with E-state index >= 15 is 0 Å². The lowest BCUT2D eigenvalue weighted by Crippen LogP contribution is -2.12. The summed E-state index contributed by atoms with van der Waals surface area (Å²) in [5.41, 5.74) is 0. The lowest BCUT2D eigenvalue weighted by atomic mass is 10.5. The number of carbonyl (C=O) groups is 1. The Bertz CT molecular complexity index is 72.1. The molecule has 0 fully saturated rings. The second-order valence-corrected chi connectivity index (χ2v) is 2.67. The molecule has 0 bridgehead atoms. The van der Waals surface area contributed by atoms with Crippen molar-refractivity contribution >= 4 is 28.8 Å². The van der Waals surface area contributed by atoms with Gasteiger partial charge in [0.15, 0.2) is 0 Å². The zero-order chi connectivity index (χ0) is 5.86. The number of carbonyl (C=O) groups excluding carboxylic acids is 1. The van der Waals surface area contributed by atoms with E-state index in [0.29, 0.717) is 6.42 Å². The van der Waals surface area contributed by atoms with E-state index in [1.807, 2.05) is 29.8 Å².